The lowest BCUT2D eigenvalue weighted by atomic mass is 9.81. The summed E-state index contributed by atoms with van der Waals surface area (Å²) in [6.45, 7) is 2.06. The smallest absolute Gasteiger partial charge is 0.188 e. The molecule has 0 heterocycles. The lowest BCUT2D eigenvalue weighted by molar-refractivity contribution is 0.102. The van der Waals surface area contributed by atoms with Gasteiger partial charge in [-0.1, -0.05) is 61.6 Å². The molecule has 0 N–H and O–H groups in total. The Morgan fingerprint density at radius 2 is 1.71 bits per heavy atom. The van der Waals surface area contributed by atoms with E-state index in [-0.39, 0.29) is 5.78 Å². The van der Waals surface area contributed by atoms with Gasteiger partial charge in [0.25, 0.3) is 0 Å². The molecular formula is C20H26O. The number of aryl methyl sites for hydroxylation is 1. The van der Waals surface area contributed by atoms with E-state index in [4.69, 9.17) is 0 Å². The summed E-state index contributed by atoms with van der Waals surface area (Å²) in [4.78, 5) is 12.8. The lowest BCUT2D eigenvalue weighted by Gasteiger charge is -2.23. The minimum absolute atomic E-state index is 0.262. The number of hydrogen-bond acceptors (Lipinski definition) is 1. The maximum Gasteiger partial charge on any atom is 0.188 e. The van der Waals surface area contributed by atoms with Crippen LogP contribution in [0, 0.1) is 18.8 Å². The maximum atomic E-state index is 12.8. The molecule has 2 aliphatic rings. The van der Waals surface area contributed by atoms with Gasteiger partial charge in [0.15, 0.2) is 5.78 Å². The molecule has 1 saturated carbocycles. The first kappa shape index (κ1) is 14.6. The van der Waals surface area contributed by atoms with Crippen molar-refractivity contribution in [2.24, 2.45) is 11.8 Å². The normalized spacial score (nSPS) is 26.2. The number of carbonyl (C=O) groups excluding carboxylic acids is 1. The van der Waals surface area contributed by atoms with Crippen LogP contribution in [0.25, 0.3) is 0 Å². The number of ketones is 1. The first-order valence-corrected chi connectivity index (χ1v) is 8.53. The van der Waals surface area contributed by atoms with Crippen LogP contribution in [0.2, 0.25) is 0 Å². The van der Waals surface area contributed by atoms with E-state index in [0.29, 0.717) is 0 Å². The van der Waals surface area contributed by atoms with Crippen LogP contribution in [0.3, 0.4) is 0 Å². The summed E-state index contributed by atoms with van der Waals surface area (Å²) in [5.41, 5.74) is 3.15. The number of carbonyl (C=O) groups is 1. The first-order valence-electron chi connectivity index (χ1n) is 8.53. The molecule has 0 amide bonds. The van der Waals surface area contributed by atoms with Gasteiger partial charge in [0.05, 0.1) is 0 Å². The van der Waals surface area contributed by atoms with Crippen molar-refractivity contribution in [2.45, 2.75) is 58.3 Å². The minimum Gasteiger partial charge on any atom is -0.289 e. The fourth-order valence-electron chi connectivity index (χ4n) is 3.98. The van der Waals surface area contributed by atoms with E-state index in [1.165, 1.54) is 44.1 Å². The highest BCUT2D eigenvalue weighted by atomic mass is 16.1. The van der Waals surface area contributed by atoms with E-state index in [0.717, 1.165) is 35.8 Å². The van der Waals surface area contributed by atoms with Crippen molar-refractivity contribution >= 4 is 5.78 Å². The second kappa shape index (κ2) is 6.60. The first-order chi connectivity index (χ1) is 10.2. The fourth-order valence-corrected chi connectivity index (χ4v) is 3.98. The molecular weight excluding hydrogens is 256 g/mol. The third kappa shape index (κ3) is 3.64. The van der Waals surface area contributed by atoms with Crippen molar-refractivity contribution in [2.75, 3.05) is 0 Å². The van der Waals surface area contributed by atoms with Crippen molar-refractivity contribution in [1.82, 2.24) is 0 Å². The van der Waals surface area contributed by atoms with Crippen molar-refractivity contribution < 1.29 is 4.79 Å². The largest absolute Gasteiger partial charge is 0.289 e. The summed E-state index contributed by atoms with van der Waals surface area (Å²) in [5.74, 6) is 1.90. The summed E-state index contributed by atoms with van der Waals surface area (Å²) in [6.07, 6.45) is 12.4. The molecule has 3 rings (SSSR count). The molecule has 21 heavy (non-hydrogen) atoms. The van der Waals surface area contributed by atoms with Crippen LogP contribution in [-0.2, 0) is 0 Å². The van der Waals surface area contributed by atoms with E-state index in [1.54, 1.807) is 0 Å². The number of fused-ring (bicyclic) bond motifs is 2. The van der Waals surface area contributed by atoms with Crippen LogP contribution in [0.1, 0.15) is 67.3 Å². The summed E-state index contributed by atoms with van der Waals surface area (Å²) >= 11 is 0. The number of rotatable bonds is 2. The van der Waals surface area contributed by atoms with Gasteiger partial charge >= 0.3 is 0 Å². The van der Waals surface area contributed by atoms with Crippen LogP contribution in [0.5, 0.6) is 0 Å². The third-order valence-corrected chi connectivity index (χ3v) is 5.22. The van der Waals surface area contributed by atoms with Crippen LogP contribution >= 0.6 is 0 Å². The Kier molecular flexibility index (Phi) is 4.57. The Morgan fingerprint density at radius 1 is 1.00 bits per heavy atom. The SMILES string of the molecule is Cc1ccc(C(=O)C2=CCCC3CCCCC(C2)C3)cc1. The molecule has 2 atom stereocenters. The van der Waals surface area contributed by atoms with E-state index in [1.807, 2.05) is 24.3 Å². The van der Waals surface area contributed by atoms with Gasteiger partial charge in [0.1, 0.15) is 0 Å². The molecule has 2 aliphatic carbocycles. The van der Waals surface area contributed by atoms with E-state index in [9.17, 15) is 4.79 Å². The molecule has 0 spiro atoms. The lowest BCUT2D eigenvalue weighted by Crippen LogP contribution is -2.14. The quantitative estimate of drug-likeness (QED) is 0.656. The second-order valence-corrected chi connectivity index (χ2v) is 6.96. The standard InChI is InChI=1S/C20H26O/c1-15-9-11-18(12-10-15)20(21)19-8-4-7-16-5-2-3-6-17(13-16)14-19/h8-12,16-17H,2-7,13-14H2,1H3. The molecule has 1 fully saturated rings. The Bertz CT molecular complexity index is 523. The molecule has 0 aliphatic heterocycles. The number of hydrogen-bond donors (Lipinski definition) is 0. The number of allylic oxidation sites excluding steroid dienone is 2. The highest BCUT2D eigenvalue weighted by molar-refractivity contribution is 6.08. The third-order valence-electron chi connectivity index (χ3n) is 5.22. The maximum absolute atomic E-state index is 12.8. The van der Waals surface area contributed by atoms with Crippen molar-refractivity contribution in [3.05, 3.63) is 47.0 Å². The highest BCUT2D eigenvalue weighted by Gasteiger charge is 2.25. The zero-order valence-electron chi connectivity index (χ0n) is 13.1. The van der Waals surface area contributed by atoms with Gasteiger partial charge in [0, 0.05) is 5.56 Å². The van der Waals surface area contributed by atoms with Gasteiger partial charge in [-0.05, 0) is 50.0 Å². The number of benzene rings is 1. The van der Waals surface area contributed by atoms with Gasteiger partial charge in [0.2, 0.25) is 0 Å². The predicted molar refractivity (Wildman–Crippen MR) is 87.5 cm³/mol. The van der Waals surface area contributed by atoms with Crippen molar-refractivity contribution in [3.8, 4) is 0 Å². The second-order valence-electron chi connectivity index (χ2n) is 6.96. The monoisotopic (exact) mass is 282 g/mol. The Balaban J connectivity index is 1.78. The van der Waals surface area contributed by atoms with Gasteiger partial charge in [-0.2, -0.15) is 0 Å². The van der Waals surface area contributed by atoms with Crippen LogP contribution in [0.4, 0.5) is 0 Å². The minimum atomic E-state index is 0.262. The zero-order chi connectivity index (χ0) is 14.7. The molecule has 1 aromatic rings. The van der Waals surface area contributed by atoms with Gasteiger partial charge in [-0.25, -0.2) is 0 Å². The summed E-state index contributed by atoms with van der Waals surface area (Å²) in [7, 11) is 0. The molecule has 0 saturated heterocycles. The van der Waals surface area contributed by atoms with Crippen LogP contribution in [0.15, 0.2) is 35.9 Å². The van der Waals surface area contributed by atoms with Crippen LogP contribution in [-0.4, -0.2) is 5.78 Å². The van der Waals surface area contributed by atoms with Gasteiger partial charge < -0.3 is 0 Å². The Hall–Kier alpha value is -1.37. The summed E-state index contributed by atoms with van der Waals surface area (Å²) in [6, 6.07) is 8.04. The van der Waals surface area contributed by atoms with Gasteiger partial charge in [-0.3, -0.25) is 4.79 Å². The van der Waals surface area contributed by atoms with E-state index >= 15 is 0 Å². The molecule has 1 nitrogen and oxygen atoms in total. The average Bonchev–Trinajstić information content (AvgIpc) is 2.71. The molecule has 2 unspecified atom stereocenters. The molecule has 0 radical (unpaired) electrons. The highest BCUT2D eigenvalue weighted by Crippen LogP contribution is 2.36. The van der Waals surface area contributed by atoms with E-state index in [2.05, 4.69) is 13.0 Å². The van der Waals surface area contributed by atoms with Crippen molar-refractivity contribution in [1.29, 1.82) is 0 Å². The Labute approximate surface area is 128 Å². The topological polar surface area (TPSA) is 17.1 Å². The molecule has 1 aromatic carbocycles. The van der Waals surface area contributed by atoms with Crippen molar-refractivity contribution in [3.63, 3.8) is 0 Å². The predicted octanol–water partition coefficient (Wildman–Crippen LogP) is 5.48. The average molecular weight is 282 g/mol. The summed E-state index contributed by atoms with van der Waals surface area (Å²) in [5, 5.41) is 0. The molecule has 112 valence electrons. The molecule has 1 heteroatoms. The number of Topliss-reactive ketones (excluding diaryl/α,β-unsaturated/α-hetero) is 1. The summed E-state index contributed by atoms with van der Waals surface area (Å²) < 4.78 is 0. The van der Waals surface area contributed by atoms with E-state index < -0.39 is 0 Å². The van der Waals surface area contributed by atoms with Crippen LogP contribution < -0.4 is 0 Å². The molecule has 2 bridgehead atoms. The molecule has 0 aromatic heterocycles. The zero-order valence-corrected chi connectivity index (χ0v) is 13.1. The Morgan fingerprint density at radius 3 is 2.48 bits per heavy atom. The fraction of sp³-hybridized carbons (Fsp3) is 0.550. The van der Waals surface area contributed by atoms with Gasteiger partial charge in [-0.15, -0.1) is 0 Å².